The first-order chi connectivity index (χ1) is 18.8. The summed E-state index contributed by atoms with van der Waals surface area (Å²) in [5, 5.41) is 14.1. The number of nitrogens with one attached hydrogen (secondary N) is 1. The Bertz CT molecular complexity index is 1420. The van der Waals surface area contributed by atoms with Gasteiger partial charge >= 0.3 is 0 Å². The van der Waals surface area contributed by atoms with Gasteiger partial charge in [0.2, 0.25) is 11.8 Å². The van der Waals surface area contributed by atoms with E-state index >= 15 is 0 Å². The Kier molecular flexibility index (Phi) is 9.65. The fourth-order valence-corrected chi connectivity index (χ4v) is 5.58. The van der Waals surface area contributed by atoms with Crippen LogP contribution in [-0.4, -0.2) is 48.2 Å². The molecule has 0 aromatic heterocycles. The van der Waals surface area contributed by atoms with Crippen molar-refractivity contribution in [3.8, 4) is 0 Å². The number of hydrogen-bond donors (Lipinski definition) is 1. The van der Waals surface area contributed by atoms with Crippen molar-refractivity contribution in [3.05, 3.63) is 101 Å². The number of nitrogens with zero attached hydrogens (tertiary/aromatic N) is 3. The van der Waals surface area contributed by atoms with E-state index in [4.69, 9.17) is 0 Å². The third-order valence-corrected chi connectivity index (χ3v) is 7.83. The molecule has 0 spiro atoms. The van der Waals surface area contributed by atoms with E-state index in [9.17, 15) is 28.1 Å². The molecule has 0 bridgehead atoms. The van der Waals surface area contributed by atoms with Gasteiger partial charge in [0, 0.05) is 24.2 Å². The normalized spacial score (nSPS) is 12.3. The van der Waals surface area contributed by atoms with Crippen molar-refractivity contribution in [2.45, 2.75) is 57.1 Å². The Morgan fingerprint density at radius 1 is 0.925 bits per heavy atom. The van der Waals surface area contributed by atoms with Gasteiger partial charge < -0.3 is 10.2 Å². The number of non-ortho nitro benzene ring substituents is 1. The van der Waals surface area contributed by atoms with Crippen LogP contribution in [0.1, 0.15) is 39.7 Å². The number of sulfonamides is 1. The number of hydrogen-bond acceptors (Lipinski definition) is 6. The molecule has 0 heterocycles. The monoisotopic (exact) mass is 566 g/mol. The van der Waals surface area contributed by atoms with Crippen LogP contribution in [0.2, 0.25) is 0 Å². The van der Waals surface area contributed by atoms with E-state index in [1.54, 1.807) is 25.1 Å². The molecule has 0 aliphatic rings. The zero-order chi connectivity index (χ0) is 29.5. The van der Waals surface area contributed by atoms with Crippen molar-refractivity contribution in [2.24, 2.45) is 0 Å². The predicted molar refractivity (Wildman–Crippen MR) is 153 cm³/mol. The molecule has 2 amide bonds. The van der Waals surface area contributed by atoms with Crippen LogP contribution in [-0.2, 0) is 26.2 Å². The number of amides is 2. The molecule has 0 radical (unpaired) electrons. The first-order valence-electron chi connectivity index (χ1n) is 12.8. The molecule has 0 saturated heterocycles. The lowest BCUT2D eigenvalue weighted by molar-refractivity contribution is -0.384. The molecule has 0 aliphatic heterocycles. The molecule has 212 valence electrons. The maximum absolute atomic E-state index is 14.0. The van der Waals surface area contributed by atoms with Gasteiger partial charge in [0.05, 0.1) is 15.5 Å². The van der Waals surface area contributed by atoms with Gasteiger partial charge in [-0.1, -0.05) is 55.5 Å². The Morgan fingerprint density at radius 3 is 1.98 bits per heavy atom. The van der Waals surface area contributed by atoms with E-state index in [-0.39, 0.29) is 28.7 Å². The number of carbonyl (C=O) groups excluding carboxylic acids is 2. The van der Waals surface area contributed by atoms with Crippen molar-refractivity contribution in [3.63, 3.8) is 0 Å². The van der Waals surface area contributed by atoms with E-state index < -0.39 is 39.0 Å². The molecule has 1 atom stereocenters. The van der Waals surface area contributed by atoms with Gasteiger partial charge in [-0.15, -0.1) is 0 Å². The second-order valence-electron chi connectivity index (χ2n) is 10.3. The molecule has 0 fully saturated rings. The summed E-state index contributed by atoms with van der Waals surface area (Å²) < 4.78 is 28.5. The van der Waals surface area contributed by atoms with Crippen molar-refractivity contribution < 1.29 is 22.9 Å². The molecule has 1 N–H and O–H groups in total. The minimum Gasteiger partial charge on any atom is -0.350 e. The van der Waals surface area contributed by atoms with Crippen LogP contribution in [0.3, 0.4) is 0 Å². The number of nitro groups is 1. The molecular weight excluding hydrogens is 532 g/mol. The molecule has 40 heavy (non-hydrogen) atoms. The molecule has 0 unspecified atom stereocenters. The summed E-state index contributed by atoms with van der Waals surface area (Å²) in [6.07, 6.45) is 0.295. The van der Waals surface area contributed by atoms with Crippen LogP contribution < -0.4 is 9.62 Å². The molecule has 3 rings (SSSR count). The minimum atomic E-state index is -4.25. The highest BCUT2D eigenvalue weighted by Gasteiger charge is 2.34. The lowest BCUT2D eigenvalue weighted by Crippen LogP contribution is -2.55. The predicted octanol–water partition coefficient (Wildman–Crippen LogP) is 4.51. The standard InChI is InChI=1S/C29H34N4O6S/c1-5-26(28(35)30-29(2,3)4)31(20-22-12-8-6-9-13-22)27(34)21-32(23-16-18-24(19-17-23)33(36)37)40(38,39)25-14-10-7-11-15-25/h6-19,26H,5,20-21H2,1-4H3,(H,30,35)/t26-/m0/s1. The van der Waals surface area contributed by atoms with Crippen LogP contribution in [0.4, 0.5) is 11.4 Å². The van der Waals surface area contributed by atoms with E-state index in [1.165, 1.54) is 41.3 Å². The summed E-state index contributed by atoms with van der Waals surface area (Å²) in [6, 6.07) is 20.8. The van der Waals surface area contributed by atoms with E-state index in [2.05, 4.69) is 5.32 Å². The SMILES string of the molecule is CC[C@@H](C(=O)NC(C)(C)C)N(Cc1ccccc1)C(=O)CN(c1ccc([N+](=O)[O-])cc1)S(=O)(=O)c1ccccc1. The van der Waals surface area contributed by atoms with Gasteiger partial charge in [-0.05, 0) is 57.0 Å². The minimum absolute atomic E-state index is 0.0479. The highest BCUT2D eigenvalue weighted by molar-refractivity contribution is 7.92. The quantitative estimate of drug-likeness (QED) is 0.268. The fourth-order valence-electron chi connectivity index (χ4n) is 4.14. The molecule has 0 saturated carbocycles. The van der Waals surface area contributed by atoms with Gasteiger partial charge in [0.1, 0.15) is 12.6 Å². The lowest BCUT2D eigenvalue weighted by atomic mass is 10.1. The number of nitro benzene ring substituents is 1. The van der Waals surface area contributed by atoms with Crippen molar-refractivity contribution >= 4 is 33.2 Å². The van der Waals surface area contributed by atoms with Crippen molar-refractivity contribution in [2.75, 3.05) is 10.8 Å². The average Bonchev–Trinajstić information content (AvgIpc) is 2.91. The number of benzene rings is 3. The molecular formula is C29H34N4O6S. The first-order valence-corrected chi connectivity index (χ1v) is 14.2. The summed E-state index contributed by atoms with van der Waals surface area (Å²) >= 11 is 0. The summed E-state index contributed by atoms with van der Waals surface area (Å²) in [7, 11) is -4.25. The second kappa shape index (κ2) is 12.7. The third-order valence-electron chi connectivity index (χ3n) is 6.04. The van der Waals surface area contributed by atoms with Crippen LogP contribution in [0.5, 0.6) is 0 Å². The third kappa shape index (κ3) is 7.66. The maximum atomic E-state index is 14.0. The number of anilines is 1. The largest absolute Gasteiger partial charge is 0.350 e. The Balaban J connectivity index is 2.06. The molecule has 10 nitrogen and oxygen atoms in total. The zero-order valence-corrected chi connectivity index (χ0v) is 23.8. The Labute approximate surface area is 234 Å². The van der Waals surface area contributed by atoms with Crippen LogP contribution in [0, 0.1) is 10.1 Å². The lowest BCUT2D eigenvalue weighted by Gasteiger charge is -2.34. The van der Waals surface area contributed by atoms with Crippen LogP contribution in [0.15, 0.2) is 89.8 Å². The van der Waals surface area contributed by atoms with Crippen molar-refractivity contribution in [1.29, 1.82) is 0 Å². The summed E-state index contributed by atoms with van der Waals surface area (Å²) in [6.45, 7) is 6.75. The van der Waals surface area contributed by atoms with E-state index in [1.807, 2.05) is 51.1 Å². The Morgan fingerprint density at radius 2 is 1.48 bits per heavy atom. The maximum Gasteiger partial charge on any atom is 0.269 e. The molecule has 3 aromatic rings. The number of carbonyl (C=O) groups is 2. The molecule has 3 aromatic carbocycles. The van der Waals surface area contributed by atoms with Gasteiger partial charge in [0.15, 0.2) is 0 Å². The smallest absolute Gasteiger partial charge is 0.269 e. The topological polar surface area (TPSA) is 130 Å². The Hall–Kier alpha value is -4.25. The molecule has 11 heteroatoms. The first kappa shape index (κ1) is 30.3. The summed E-state index contributed by atoms with van der Waals surface area (Å²) in [5.74, 6) is -0.954. The van der Waals surface area contributed by atoms with E-state index in [0.717, 1.165) is 9.87 Å². The van der Waals surface area contributed by atoms with Crippen LogP contribution >= 0.6 is 0 Å². The van der Waals surface area contributed by atoms with Crippen LogP contribution in [0.25, 0.3) is 0 Å². The van der Waals surface area contributed by atoms with Gasteiger partial charge in [0.25, 0.3) is 15.7 Å². The van der Waals surface area contributed by atoms with E-state index in [0.29, 0.717) is 6.42 Å². The van der Waals surface area contributed by atoms with Gasteiger partial charge in [-0.25, -0.2) is 8.42 Å². The number of rotatable bonds is 11. The summed E-state index contributed by atoms with van der Waals surface area (Å²) in [5.41, 5.74) is 0.0796. The van der Waals surface area contributed by atoms with Gasteiger partial charge in [-0.2, -0.15) is 0 Å². The van der Waals surface area contributed by atoms with Crippen molar-refractivity contribution in [1.82, 2.24) is 10.2 Å². The van der Waals surface area contributed by atoms with Gasteiger partial charge in [-0.3, -0.25) is 24.0 Å². The molecule has 0 aliphatic carbocycles. The average molecular weight is 567 g/mol. The zero-order valence-electron chi connectivity index (χ0n) is 23.0. The highest BCUT2D eigenvalue weighted by atomic mass is 32.2. The second-order valence-corrected chi connectivity index (χ2v) is 12.1. The highest BCUT2D eigenvalue weighted by Crippen LogP contribution is 2.26. The fraction of sp³-hybridized carbons (Fsp3) is 0.310. The summed E-state index contributed by atoms with van der Waals surface area (Å²) in [4.78, 5) is 39.2.